The summed E-state index contributed by atoms with van der Waals surface area (Å²) >= 11 is 0. The van der Waals surface area contributed by atoms with Gasteiger partial charge >= 0.3 is 0 Å². The van der Waals surface area contributed by atoms with Crippen LogP contribution >= 0.6 is 0 Å². The molecule has 0 aliphatic heterocycles. The van der Waals surface area contributed by atoms with Crippen LogP contribution in [0.4, 0.5) is 0 Å². The molecule has 0 unspecified atom stereocenters. The van der Waals surface area contributed by atoms with E-state index in [1.54, 1.807) is 12.4 Å². The molecule has 0 spiro atoms. The Morgan fingerprint density at radius 3 is 2.91 bits per heavy atom. The minimum atomic E-state index is -0.112. The molecule has 0 bridgehead atoms. The highest BCUT2D eigenvalue weighted by molar-refractivity contribution is 5.94. The van der Waals surface area contributed by atoms with Crippen molar-refractivity contribution in [3.8, 4) is 0 Å². The molecular formula is C17H18N4O. The molecule has 0 aliphatic carbocycles. The van der Waals surface area contributed by atoms with E-state index in [0.717, 1.165) is 28.9 Å². The van der Waals surface area contributed by atoms with Crippen molar-refractivity contribution >= 4 is 11.6 Å². The van der Waals surface area contributed by atoms with Gasteiger partial charge in [0.05, 0.1) is 5.69 Å². The zero-order chi connectivity index (χ0) is 15.5. The fourth-order valence-electron chi connectivity index (χ4n) is 2.46. The van der Waals surface area contributed by atoms with Gasteiger partial charge in [0.2, 0.25) is 0 Å². The molecule has 0 saturated heterocycles. The summed E-state index contributed by atoms with van der Waals surface area (Å²) in [6, 6.07) is 7.73. The summed E-state index contributed by atoms with van der Waals surface area (Å²) < 4.78 is 1.87. The maximum Gasteiger partial charge on any atom is 0.270 e. The predicted octanol–water partition coefficient (Wildman–Crippen LogP) is 2.53. The first-order valence-electron chi connectivity index (χ1n) is 7.33. The van der Waals surface area contributed by atoms with Crippen LogP contribution in [-0.4, -0.2) is 20.3 Å². The molecule has 5 nitrogen and oxygen atoms in total. The van der Waals surface area contributed by atoms with E-state index < -0.39 is 0 Å². The Hall–Kier alpha value is -2.69. The average Bonchev–Trinajstić information content (AvgIpc) is 2.91. The second kappa shape index (κ2) is 5.97. The zero-order valence-electron chi connectivity index (χ0n) is 12.7. The molecular weight excluding hydrogens is 276 g/mol. The molecule has 3 aromatic heterocycles. The lowest BCUT2D eigenvalue weighted by atomic mass is 10.2. The Labute approximate surface area is 129 Å². The number of pyridine rings is 2. The van der Waals surface area contributed by atoms with Gasteiger partial charge in [0.15, 0.2) is 0 Å². The van der Waals surface area contributed by atoms with Gasteiger partial charge in [-0.15, -0.1) is 0 Å². The first-order valence-corrected chi connectivity index (χ1v) is 7.33. The van der Waals surface area contributed by atoms with Crippen LogP contribution in [0.5, 0.6) is 0 Å². The summed E-state index contributed by atoms with van der Waals surface area (Å²) in [6.07, 6.45) is 6.13. The van der Waals surface area contributed by atoms with Gasteiger partial charge in [-0.05, 0) is 36.6 Å². The van der Waals surface area contributed by atoms with E-state index in [1.807, 2.05) is 48.7 Å². The molecule has 22 heavy (non-hydrogen) atoms. The molecule has 0 atom stereocenters. The number of nitrogens with one attached hydrogen (secondary N) is 1. The summed E-state index contributed by atoms with van der Waals surface area (Å²) in [4.78, 5) is 21.2. The molecule has 0 radical (unpaired) electrons. The van der Waals surface area contributed by atoms with Crippen molar-refractivity contribution in [1.82, 2.24) is 19.7 Å². The van der Waals surface area contributed by atoms with E-state index in [2.05, 4.69) is 15.3 Å². The first-order chi connectivity index (χ1) is 10.7. The summed E-state index contributed by atoms with van der Waals surface area (Å²) in [5.41, 5.74) is 4.29. The molecule has 3 aromatic rings. The maximum absolute atomic E-state index is 12.6. The number of hydrogen-bond donors (Lipinski definition) is 1. The Morgan fingerprint density at radius 2 is 2.18 bits per heavy atom. The summed E-state index contributed by atoms with van der Waals surface area (Å²) in [6.45, 7) is 4.46. The number of fused-ring (bicyclic) bond motifs is 1. The van der Waals surface area contributed by atoms with Crippen molar-refractivity contribution in [2.45, 2.75) is 26.8 Å². The Kier molecular flexibility index (Phi) is 3.87. The number of hydrogen-bond acceptors (Lipinski definition) is 3. The number of nitrogens with zero attached hydrogens (tertiary/aromatic N) is 3. The standard InChI is InChI=1S/C17H18N4O/c1-3-14-16(21-11-12(2)6-7-15(21)20-14)17(22)19-10-13-5-4-8-18-9-13/h4-9,11H,3,10H2,1-2H3,(H,19,22). The maximum atomic E-state index is 12.6. The number of rotatable bonds is 4. The van der Waals surface area contributed by atoms with Crippen LogP contribution in [0, 0.1) is 6.92 Å². The number of aromatic nitrogens is 3. The van der Waals surface area contributed by atoms with Gasteiger partial charge < -0.3 is 5.32 Å². The van der Waals surface area contributed by atoms with E-state index in [9.17, 15) is 4.79 Å². The fourth-order valence-corrected chi connectivity index (χ4v) is 2.46. The first kappa shape index (κ1) is 14.3. The normalized spacial score (nSPS) is 10.8. The van der Waals surface area contributed by atoms with Crippen molar-refractivity contribution in [3.05, 3.63) is 65.4 Å². The van der Waals surface area contributed by atoms with Crippen LogP contribution in [0.1, 0.15) is 34.2 Å². The van der Waals surface area contributed by atoms with E-state index in [4.69, 9.17) is 0 Å². The van der Waals surface area contributed by atoms with E-state index in [1.165, 1.54) is 0 Å². The molecule has 0 fully saturated rings. The number of carbonyl (C=O) groups excluding carboxylic acids is 1. The van der Waals surface area contributed by atoms with Gasteiger partial charge in [0.1, 0.15) is 11.3 Å². The number of amides is 1. The van der Waals surface area contributed by atoms with Crippen LogP contribution in [0.25, 0.3) is 5.65 Å². The number of imidazole rings is 1. The molecule has 1 amide bonds. The topological polar surface area (TPSA) is 59.3 Å². The van der Waals surface area contributed by atoms with Crippen molar-refractivity contribution in [1.29, 1.82) is 0 Å². The third-order valence-electron chi connectivity index (χ3n) is 3.56. The molecule has 0 aliphatic rings. The van der Waals surface area contributed by atoms with Crippen molar-refractivity contribution in [2.24, 2.45) is 0 Å². The van der Waals surface area contributed by atoms with Gasteiger partial charge in [0.25, 0.3) is 5.91 Å². The smallest absolute Gasteiger partial charge is 0.270 e. The highest BCUT2D eigenvalue weighted by atomic mass is 16.1. The van der Waals surface area contributed by atoms with E-state index in [-0.39, 0.29) is 5.91 Å². The SMILES string of the molecule is CCc1nc2ccc(C)cn2c1C(=O)NCc1cccnc1. The van der Waals surface area contributed by atoms with Gasteiger partial charge in [-0.3, -0.25) is 14.2 Å². The predicted molar refractivity (Wildman–Crippen MR) is 84.7 cm³/mol. The van der Waals surface area contributed by atoms with E-state index >= 15 is 0 Å². The molecule has 1 N–H and O–H groups in total. The molecule has 0 saturated carbocycles. The highest BCUT2D eigenvalue weighted by Gasteiger charge is 2.17. The molecule has 5 heteroatoms. The minimum Gasteiger partial charge on any atom is -0.347 e. The summed E-state index contributed by atoms with van der Waals surface area (Å²) in [7, 11) is 0. The van der Waals surface area contributed by atoms with Crippen molar-refractivity contribution < 1.29 is 4.79 Å². The Balaban J connectivity index is 1.91. The quantitative estimate of drug-likeness (QED) is 0.804. The lowest BCUT2D eigenvalue weighted by Crippen LogP contribution is -2.25. The van der Waals surface area contributed by atoms with Gasteiger partial charge in [-0.1, -0.05) is 19.1 Å². The third-order valence-corrected chi connectivity index (χ3v) is 3.56. The van der Waals surface area contributed by atoms with Crippen LogP contribution in [-0.2, 0) is 13.0 Å². The van der Waals surface area contributed by atoms with Crippen LogP contribution < -0.4 is 5.32 Å². The number of aryl methyl sites for hydroxylation is 2. The fraction of sp³-hybridized carbons (Fsp3) is 0.235. The molecule has 0 aromatic carbocycles. The highest BCUT2D eigenvalue weighted by Crippen LogP contribution is 2.15. The second-order valence-electron chi connectivity index (χ2n) is 5.24. The number of carbonyl (C=O) groups is 1. The largest absolute Gasteiger partial charge is 0.347 e. The third kappa shape index (κ3) is 2.70. The average molecular weight is 294 g/mol. The summed E-state index contributed by atoms with van der Waals surface area (Å²) in [5.74, 6) is -0.112. The zero-order valence-corrected chi connectivity index (χ0v) is 12.7. The van der Waals surface area contributed by atoms with Crippen LogP contribution in [0.15, 0.2) is 42.9 Å². The van der Waals surface area contributed by atoms with Gasteiger partial charge in [0, 0.05) is 25.1 Å². The van der Waals surface area contributed by atoms with Gasteiger partial charge in [-0.2, -0.15) is 0 Å². The molecule has 3 heterocycles. The minimum absolute atomic E-state index is 0.112. The Morgan fingerprint density at radius 1 is 1.32 bits per heavy atom. The molecule has 112 valence electrons. The van der Waals surface area contributed by atoms with Crippen LogP contribution in [0.2, 0.25) is 0 Å². The van der Waals surface area contributed by atoms with Crippen molar-refractivity contribution in [2.75, 3.05) is 0 Å². The molecule has 3 rings (SSSR count). The van der Waals surface area contributed by atoms with Gasteiger partial charge in [-0.25, -0.2) is 4.98 Å². The summed E-state index contributed by atoms with van der Waals surface area (Å²) in [5, 5.41) is 2.95. The Bertz CT molecular complexity index is 808. The lowest BCUT2D eigenvalue weighted by Gasteiger charge is -2.07. The van der Waals surface area contributed by atoms with Crippen LogP contribution in [0.3, 0.4) is 0 Å². The lowest BCUT2D eigenvalue weighted by molar-refractivity contribution is 0.0944. The monoisotopic (exact) mass is 294 g/mol. The van der Waals surface area contributed by atoms with Crippen molar-refractivity contribution in [3.63, 3.8) is 0 Å². The van der Waals surface area contributed by atoms with E-state index in [0.29, 0.717) is 12.2 Å². The second-order valence-corrected chi connectivity index (χ2v) is 5.24.